The van der Waals surface area contributed by atoms with Crippen molar-refractivity contribution in [1.82, 2.24) is 14.9 Å². The lowest BCUT2D eigenvalue weighted by Crippen LogP contribution is -2.49. The van der Waals surface area contributed by atoms with Crippen LogP contribution in [0.25, 0.3) is 10.6 Å². The lowest BCUT2D eigenvalue weighted by Gasteiger charge is -2.44. The van der Waals surface area contributed by atoms with E-state index in [-0.39, 0.29) is 11.9 Å². The molecule has 0 aliphatic carbocycles. The van der Waals surface area contributed by atoms with Gasteiger partial charge in [0.15, 0.2) is 0 Å². The van der Waals surface area contributed by atoms with Gasteiger partial charge in [0.1, 0.15) is 17.1 Å². The number of carbonyl (C=O) groups is 1. The van der Waals surface area contributed by atoms with Crippen LogP contribution in [0.1, 0.15) is 36.3 Å². The minimum absolute atomic E-state index is 0.150. The van der Waals surface area contributed by atoms with Crippen molar-refractivity contribution in [3.63, 3.8) is 0 Å². The van der Waals surface area contributed by atoms with Crippen LogP contribution in [0.3, 0.4) is 0 Å². The Bertz CT molecular complexity index is 1040. The van der Waals surface area contributed by atoms with Crippen LogP contribution in [0.4, 0.5) is 5.95 Å². The van der Waals surface area contributed by atoms with Crippen molar-refractivity contribution in [3.8, 4) is 10.6 Å². The van der Waals surface area contributed by atoms with Gasteiger partial charge >= 0.3 is 0 Å². The van der Waals surface area contributed by atoms with E-state index in [1.807, 2.05) is 40.7 Å². The molecular formula is C22H24N4O3S. The maximum Gasteiger partial charge on any atom is 0.223 e. The molecule has 1 amide bonds. The molecule has 2 aliphatic rings. The Morgan fingerprint density at radius 3 is 2.93 bits per heavy atom. The fraction of sp³-hybridized carbons (Fsp3) is 0.409. The van der Waals surface area contributed by atoms with Gasteiger partial charge in [-0.3, -0.25) is 4.79 Å². The number of aromatic nitrogens is 2. The molecule has 30 heavy (non-hydrogen) atoms. The maximum absolute atomic E-state index is 12.8. The fourth-order valence-electron chi connectivity index (χ4n) is 4.37. The first-order valence-corrected chi connectivity index (χ1v) is 11.2. The second-order valence-corrected chi connectivity index (χ2v) is 8.77. The third-order valence-corrected chi connectivity index (χ3v) is 6.88. The van der Waals surface area contributed by atoms with Gasteiger partial charge in [-0.15, -0.1) is 11.3 Å². The molecule has 0 bridgehead atoms. The zero-order valence-electron chi connectivity index (χ0n) is 16.7. The highest BCUT2D eigenvalue weighted by Gasteiger charge is 2.43. The second kappa shape index (κ2) is 7.85. The summed E-state index contributed by atoms with van der Waals surface area (Å²) in [6.45, 7) is 1.96. The van der Waals surface area contributed by atoms with Crippen LogP contribution in [-0.4, -0.2) is 40.5 Å². The summed E-state index contributed by atoms with van der Waals surface area (Å²) in [5.41, 5.74) is 7.39. The Labute approximate surface area is 178 Å². The Morgan fingerprint density at radius 2 is 2.13 bits per heavy atom. The topological polar surface area (TPSA) is 94.5 Å². The van der Waals surface area contributed by atoms with E-state index in [4.69, 9.17) is 14.9 Å². The molecule has 0 atom stereocenters. The van der Waals surface area contributed by atoms with E-state index in [1.165, 1.54) is 0 Å². The highest BCUT2D eigenvalue weighted by atomic mass is 32.1. The number of piperidine rings is 1. The number of amides is 1. The van der Waals surface area contributed by atoms with Gasteiger partial charge in [-0.1, -0.05) is 6.07 Å². The number of hydrogen-bond acceptors (Lipinski definition) is 7. The van der Waals surface area contributed by atoms with Crippen LogP contribution >= 0.6 is 11.3 Å². The molecule has 2 aliphatic heterocycles. The molecule has 7 nitrogen and oxygen atoms in total. The van der Waals surface area contributed by atoms with Crippen molar-refractivity contribution in [2.75, 3.05) is 25.4 Å². The van der Waals surface area contributed by atoms with Crippen molar-refractivity contribution < 1.29 is 13.9 Å². The molecule has 1 saturated heterocycles. The van der Waals surface area contributed by atoms with Gasteiger partial charge in [0.25, 0.3) is 0 Å². The number of rotatable bonds is 4. The highest BCUT2D eigenvalue weighted by molar-refractivity contribution is 7.13. The summed E-state index contributed by atoms with van der Waals surface area (Å²) in [5.74, 6) is 2.13. The number of fused-ring (bicyclic) bond motifs is 2. The average Bonchev–Trinajstić information content (AvgIpc) is 3.45. The van der Waals surface area contributed by atoms with Crippen molar-refractivity contribution in [1.29, 1.82) is 0 Å². The van der Waals surface area contributed by atoms with E-state index in [1.54, 1.807) is 11.3 Å². The van der Waals surface area contributed by atoms with Gasteiger partial charge in [-0.2, -0.15) is 0 Å². The number of ether oxygens (including phenoxy) is 1. The zero-order valence-corrected chi connectivity index (χ0v) is 17.5. The van der Waals surface area contributed by atoms with E-state index < -0.39 is 5.60 Å². The van der Waals surface area contributed by atoms with Gasteiger partial charge in [-0.25, -0.2) is 9.97 Å². The number of nitrogens with zero attached hydrogens (tertiary/aromatic N) is 3. The van der Waals surface area contributed by atoms with Crippen molar-refractivity contribution in [2.45, 2.75) is 37.7 Å². The number of nitrogen functional groups attached to an aromatic ring is 1. The standard InChI is InChI=1S/C22H24N4O3S/c23-21-24-14-15-7-12-28-22(20(15)25-21)8-10-26(11-9-22)19(27)6-4-16-3-5-17(29-16)18-2-1-13-30-18/h1-3,5,13-14H,4,6-12H2,(H2,23,24,25). The van der Waals surface area contributed by atoms with Crippen LogP contribution in [0.5, 0.6) is 0 Å². The molecule has 3 aromatic rings. The van der Waals surface area contributed by atoms with E-state index in [2.05, 4.69) is 9.97 Å². The predicted molar refractivity (Wildman–Crippen MR) is 114 cm³/mol. The van der Waals surface area contributed by atoms with Gasteiger partial charge in [0, 0.05) is 32.1 Å². The van der Waals surface area contributed by atoms with E-state index in [9.17, 15) is 4.79 Å². The number of hydrogen-bond donors (Lipinski definition) is 1. The summed E-state index contributed by atoms with van der Waals surface area (Å²) < 4.78 is 12.1. The van der Waals surface area contributed by atoms with E-state index in [0.29, 0.717) is 32.5 Å². The quantitative estimate of drug-likeness (QED) is 0.690. The van der Waals surface area contributed by atoms with Crippen molar-refractivity contribution in [2.24, 2.45) is 0 Å². The molecule has 156 valence electrons. The SMILES string of the molecule is Nc1ncc2c(n1)C1(CCN(C(=O)CCc3ccc(-c4cccs4)o3)CC1)OCC2. The molecule has 1 spiro atoms. The smallest absolute Gasteiger partial charge is 0.223 e. The second-order valence-electron chi connectivity index (χ2n) is 7.82. The van der Waals surface area contributed by atoms with E-state index in [0.717, 1.165) is 46.9 Å². The molecule has 0 saturated carbocycles. The van der Waals surface area contributed by atoms with Crippen LogP contribution < -0.4 is 5.73 Å². The van der Waals surface area contributed by atoms with Crippen molar-refractivity contribution >= 4 is 23.2 Å². The van der Waals surface area contributed by atoms with Gasteiger partial charge in [-0.05, 0) is 48.4 Å². The van der Waals surface area contributed by atoms with Gasteiger partial charge in [0.2, 0.25) is 11.9 Å². The van der Waals surface area contributed by atoms with Crippen LogP contribution in [0, 0.1) is 0 Å². The third kappa shape index (κ3) is 3.61. The minimum atomic E-state index is -0.446. The Morgan fingerprint density at radius 1 is 1.27 bits per heavy atom. The van der Waals surface area contributed by atoms with Gasteiger partial charge in [0.05, 0.1) is 17.2 Å². The number of aryl methyl sites for hydroxylation is 1. The summed E-state index contributed by atoms with van der Waals surface area (Å²) in [6.07, 6.45) is 5.12. The first kappa shape index (κ1) is 19.3. The number of nitrogens with two attached hydrogens (primary N) is 1. The Balaban J connectivity index is 1.19. The third-order valence-electron chi connectivity index (χ3n) is 6.00. The normalized spacial score (nSPS) is 17.8. The number of anilines is 1. The molecule has 2 N–H and O–H groups in total. The Kier molecular flexibility index (Phi) is 5.04. The highest BCUT2D eigenvalue weighted by Crippen LogP contribution is 2.40. The maximum atomic E-state index is 12.8. The predicted octanol–water partition coefficient (Wildman–Crippen LogP) is 3.40. The number of thiophene rings is 1. The molecule has 1 fully saturated rings. The lowest BCUT2D eigenvalue weighted by molar-refractivity contribution is -0.141. The summed E-state index contributed by atoms with van der Waals surface area (Å²) in [4.78, 5) is 24.4. The van der Waals surface area contributed by atoms with Crippen LogP contribution in [0.2, 0.25) is 0 Å². The minimum Gasteiger partial charge on any atom is -0.460 e. The molecule has 0 radical (unpaired) electrons. The molecule has 0 aromatic carbocycles. The van der Waals surface area contributed by atoms with E-state index >= 15 is 0 Å². The summed E-state index contributed by atoms with van der Waals surface area (Å²) in [7, 11) is 0. The number of likely N-dealkylation sites (tertiary alicyclic amines) is 1. The van der Waals surface area contributed by atoms with Crippen LogP contribution in [-0.2, 0) is 28.0 Å². The zero-order chi connectivity index (χ0) is 20.6. The molecule has 8 heteroatoms. The number of carbonyl (C=O) groups excluding carboxylic acids is 1. The monoisotopic (exact) mass is 424 g/mol. The number of furan rings is 1. The Hall–Kier alpha value is -2.71. The van der Waals surface area contributed by atoms with Crippen LogP contribution in [0.15, 0.2) is 40.3 Å². The summed E-state index contributed by atoms with van der Waals surface area (Å²) >= 11 is 1.65. The largest absolute Gasteiger partial charge is 0.460 e. The summed E-state index contributed by atoms with van der Waals surface area (Å²) in [6, 6.07) is 7.97. The first-order chi connectivity index (χ1) is 14.6. The molecule has 0 unspecified atom stereocenters. The average molecular weight is 425 g/mol. The summed E-state index contributed by atoms with van der Waals surface area (Å²) in [5, 5.41) is 2.03. The molecular weight excluding hydrogens is 400 g/mol. The fourth-order valence-corrected chi connectivity index (χ4v) is 5.06. The lowest BCUT2D eigenvalue weighted by atomic mass is 9.83. The van der Waals surface area contributed by atoms with Gasteiger partial charge < -0.3 is 19.8 Å². The molecule has 3 aromatic heterocycles. The molecule has 5 rings (SSSR count). The molecule has 5 heterocycles. The first-order valence-electron chi connectivity index (χ1n) is 10.3. The van der Waals surface area contributed by atoms with Crippen molar-refractivity contribution in [3.05, 3.63) is 52.9 Å².